The molecule has 2 aromatic rings. The third kappa shape index (κ3) is 5.08. The van der Waals surface area contributed by atoms with E-state index in [1.165, 1.54) is 11.3 Å². The fourth-order valence-electron chi connectivity index (χ4n) is 2.64. The molecule has 0 amide bonds. The van der Waals surface area contributed by atoms with E-state index in [1.54, 1.807) is 5.38 Å². The number of nitrogens with one attached hydrogen (secondary N) is 1. The van der Waals surface area contributed by atoms with E-state index in [1.807, 2.05) is 31.2 Å². The SMILES string of the molecule is CC(CN1CCOCC1)NS(=O)(=O)c1csc(-c2ccc(Br)cc2)n1. The summed E-state index contributed by atoms with van der Waals surface area (Å²) in [6.07, 6.45) is 0. The maximum absolute atomic E-state index is 12.6. The van der Waals surface area contributed by atoms with Gasteiger partial charge in [-0.2, -0.15) is 0 Å². The van der Waals surface area contributed by atoms with Gasteiger partial charge in [-0.15, -0.1) is 11.3 Å². The Kier molecular flexibility index (Phi) is 6.24. The third-order valence-electron chi connectivity index (χ3n) is 3.84. The molecule has 0 aliphatic carbocycles. The molecule has 9 heteroatoms. The van der Waals surface area contributed by atoms with Crippen molar-refractivity contribution in [2.75, 3.05) is 32.8 Å². The number of nitrogens with zero attached hydrogens (tertiary/aromatic N) is 2. The molecule has 1 aromatic heterocycles. The number of morpholine rings is 1. The maximum atomic E-state index is 12.6. The van der Waals surface area contributed by atoms with E-state index in [2.05, 4.69) is 30.5 Å². The molecule has 1 saturated heterocycles. The molecular formula is C16H20BrN3O3S2. The molecule has 25 heavy (non-hydrogen) atoms. The van der Waals surface area contributed by atoms with Crippen LogP contribution in [0.5, 0.6) is 0 Å². The summed E-state index contributed by atoms with van der Waals surface area (Å²) in [6, 6.07) is 7.45. The van der Waals surface area contributed by atoms with Crippen molar-refractivity contribution in [3.05, 3.63) is 34.1 Å². The van der Waals surface area contributed by atoms with Crippen molar-refractivity contribution in [1.82, 2.24) is 14.6 Å². The lowest BCUT2D eigenvalue weighted by Gasteiger charge is -2.29. The summed E-state index contributed by atoms with van der Waals surface area (Å²) in [7, 11) is -3.62. The standard InChI is InChI=1S/C16H20BrN3O3S2/c1-12(10-20-6-8-23-9-7-20)19-25(21,22)15-11-24-16(18-15)13-2-4-14(17)5-3-13/h2-5,11-12,19H,6-10H2,1H3. The van der Waals surface area contributed by atoms with E-state index in [-0.39, 0.29) is 11.1 Å². The molecule has 6 nitrogen and oxygen atoms in total. The minimum atomic E-state index is -3.62. The zero-order valence-corrected chi connectivity index (χ0v) is 17.0. The number of benzene rings is 1. The van der Waals surface area contributed by atoms with Gasteiger partial charge in [0.1, 0.15) is 5.01 Å². The van der Waals surface area contributed by atoms with Crippen LogP contribution in [0.2, 0.25) is 0 Å². The molecule has 0 saturated carbocycles. The third-order valence-corrected chi connectivity index (χ3v) is 6.88. The predicted octanol–water partition coefficient (Wildman–Crippen LogP) is 2.57. The Morgan fingerprint density at radius 3 is 2.68 bits per heavy atom. The number of sulfonamides is 1. The highest BCUT2D eigenvalue weighted by Crippen LogP contribution is 2.26. The van der Waals surface area contributed by atoms with E-state index < -0.39 is 10.0 Å². The summed E-state index contributed by atoms with van der Waals surface area (Å²) >= 11 is 4.71. The smallest absolute Gasteiger partial charge is 0.259 e. The van der Waals surface area contributed by atoms with Crippen LogP contribution in [0.4, 0.5) is 0 Å². The fourth-order valence-corrected chi connectivity index (χ4v) is 5.24. The van der Waals surface area contributed by atoms with E-state index in [9.17, 15) is 8.42 Å². The van der Waals surface area contributed by atoms with Gasteiger partial charge >= 0.3 is 0 Å². The summed E-state index contributed by atoms with van der Waals surface area (Å²) in [5.74, 6) is 0. The quantitative estimate of drug-likeness (QED) is 0.739. The normalized spacial score (nSPS) is 17.5. The lowest BCUT2D eigenvalue weighted by atomic mass is 10.2. The Labute approximate surface area is 160 Å². The first kappa shape index (κ1) is 18.9. The topological polar surface area (TPSA) is 71.5 Å². The minimum Gasteiger partial charge on any atom is -0.379 e. The molecule has 3 rings (SSSR count). The highest BCUT2D eigenvalue weighted by atomic mass is 79.9. The van der Waals surface area contributed by atoms with Gasteiger partial charge in [0.15, 0.2) is 5.03 Å². The molecule has 2 heterocycles. The van der Waals surface area contributed by atoms with Gasteiger partial charge < -0.3 is 4.74 Å². The molecule has 1 aliphatic heterocycles. The second-order valence-electron chi connectivity index (χ2n) is 5.93. The Bertz CT molecular complexity index is 802. The minimum absolute atomic E-state index is 0.0734. The Morgan fingerprint density at radius 1 is 1.32 bits per heavy atom. The van der Waals surface area contributed by atoms with Crippen LogP contribution in [0.1, 0.15) is 6.92 Å². The first-order chi connectivity index (χ1) is 11.9. The number of hydrogen-bond acceptors (Lipinski definition) is 6. The van der Waals surface area contributed by atoms with Crippen molar-refractivity contribution < 1.29 is 13.2 Å². The largest absolute Gasteiger partial charge is 0.379 e. The number of aromatic nitrogens is 1. The van der Waals surface area contributed by atoms with Gasteiger partial charge in [0.25, 0.3) is 10.0 Å². The summed E-state index contributed by atoms with van der Waals surface area (Å²) in [5.41, 5.74) is 0.899. The molecule has 1 atom stereocenters. The van der Waals surface area contributed by atoms with Gasteiger partial charge in [-0.25, -0.2) is 18.1 Å². The van der Waals surface area contributed by atoms with Gasteiger partial charge in [-0.05, 0) is 19.1 Å². The van der Waals surface area contributed by atoms with Crippen molar-refractivity contribution in [2.24, 2.45) is 0 Å². The molecule has 1 fully saturated rings. The molecule has 0 bridgehead atoms. The van der Waals surface area contributed by atoms with Crippen molar-refractivity contribution in [1.29, 1.82) is 0 Å². The summed E-state index contributed by atoms with van der Waals surface area (Å²) in [5, 5.41) is 2.35. The van der Waals surface area contributed by atoms with Gasteiger partial charge in [-0.3, -0.25) is 4.90 Å². The van der Waals surface area contributed by atoms with Crippen molar-refractivity contribution >= 4 is 37.3 Å². The number of rotatable bonds is 6. The Balaban J connectivity index is 1.66. The zero-order valence-electron chi connectivity index (χ0n) is 13.8. The number of halogens is 1. The van der Waals surface area contributed by atoms with Crippen molar-refractivity contribution in [3.8, 4) is 10.6 Å². The van der Waals surface area contributed by atoms with Gasteiger partial charge in [0, 0.05) is 41.1 Å². The van der Waals surface area contributed by atoms with Gasteiger partial charge in [0.05, 0.1) is 13.2 Å². The first-order valence-corrected chi connectivity index (χ1v) is 11.1. The molecule has 1 aliphatic rings. The lowest BCUT2D eigenvalue weighted by Crippen LogP contribution is -2.45. The van der Waals surface area contributed by atoms with Crippen LogP contribution < -0.4 is 4.72 Å². The molecule has 0 spiro atoms. The van der Waals surface area contributed by atoms with E-state index >= 15 is 0 Å². The molecule has 0 radical (unpaired) electrons. The van der Waals surface area contributed by atoms with Crippen molar-refractivity contribution in [2.45, 2.75) is 18.0 Å². The molecular weight excluding hydrogens is 426 g/mol. The molecule has 1 aromatic carbocycles. The van der Waals surface area contributed by atoms with E-state index in [0.717, 1.165) is 23.1 Å². The number of ether oxygens (including phenoxy) is 1. The highest BCUT2D eigenvalue weighted by Gasteiger charge is 2.23. The van der Waals surface area contributed by atoms with E-state index in [4.69, 9.17) is 4.74 Å². The zero-order chi connectivity index (χ0) is 17.9. The Morgan fingerprint density at radius 2 is 2.00 bits per heavy atom. The summed E-state index contributed by atoms with van der Waals surface area (Å²) in [6.45, 7) is 5.58. The van der Waals surface area contributed by atoms with Gasteiger partial charge in [0.2, 0.25) is 0 Å². The lowest BCUT2D eigenvalue weighted by molar-refractivity contribution is 0.0354. The van der Waals surface area contributed by atoms with Gasteiger partial charge in [-0.1, -0.05) is 28.1 Å². The monoisotopic (exact) mass is 445 g/mol. The average Bonchev–Trinajstić information content (AvgIpc) is 3.07. The van der Waals surface area contributed by atoms with Crippen LogP contribution in [-0.4, -0.2) is 57.2 Å². The van der Waals surface area contributed by atoms with Crippen LogP contribution in [0.3, 0.4) is 0 Å². The molecule has 1 N–H and O–H groups in total. The van der Waals surface area contributed by atoms with Crippen LogP contribution in [0, 0.1) is 0 Å². The molecule has 1 unspecified atom stereocenters. The van der Waals surface area contributed by atoms with Crippen LogP contribution in [-0.2, 0) is 14.8 Å². The van der Waals surface area contributed by atoms with Crippen LogP contribution >= 0.6 is 27.3 Å². The number of hydrogen-bond donors (Lipinski definition) is 1. The fraction of sp³-hybridized carbons (Fsp3) is 0.438. The summed E-state index contributed by atoms with van der Waals surface area (Å²) in [4.78, 5) is 6.50. The highest BCUT2D eigenvalue weighted by molar-refractivity contribution is 9.10. The predicted molar refractivity (Wildman–Crippen MR) is 102 cm³/mol. The second kappa shape index (κ2) is 8.24. The maximum Gasteiger partial charge on any atom is 0.259 e. The average molecular weight is 446 g/mol. The van der Waals surface area contributed by atoms with E-state index in [0.29, 0.717) is 24.8 Å². The second-order valence-corrected chi connectivity index (χ2v) is 9.37. The first-order valence-electron chi connectivity index (χ1n) is 7.98. The molecule has 136 valence electrons. The summed E-state index contributed by atoms with van der Waals surface area (Å²) < 4.78 is 34.1. The van der Waals surface area contributed by atoms with Crippen molar-refractivity contribution in [3.63, 3.8) is 0 Å². The Hall–Kier alpha value is -0.840. The van der Waals surface area contributed by atoms with Crippen LogP contribution in [0.15, 0.2) is 39.1 Å². The number of thiazole rings is 1. The van der Waals surface area contributed by atoms with Crippen LogP contribution in [0.25, 0.3) is 10.6 Å².